The standard InChI is InChI=1S/C21H24O3/c1-19(2)10-21(13-6-5-12(22)7-14(13)19)11-20(3,4)15-8-17(23)18(24)9-16(15)21/h5-9,22-24H,10-11H2,1-4H3. The van der Waals surface area contributed by atoms with Crippen LogP contribution in [0.4, 0.5) is 0 Å². The summed E-state index contributed by atoms with van der Waals surface area (Å²) in [6, 6.07) is 9.15. The van der Waals surface area contributed by atoms with Gasteiger partial charge in [0.05, 0.1) is 0 Å². The molecule has 2 aromatic carbocycles. The highest BCUT2D eigenvalue weighted by Gasteiger charge is 2.56. The fraction of sp³-hybridized carbons (Fsp3) is 0.429. The molecule has 2 aliphatic carbocycles. The summed E-state index contributed by atoms with van der Waals surface area (Å²) in [4.78, 5) is 0. The number of hydrogen-bond acceptors (Lipinski definition) is 3. The molecular weight excluding hydrogens is 300 g/mol. The first-order valence-electron chi connectivity index (χ1n) is 8.48. The van der Waals surface area contributed by atoms with E-state index >= 15 is 0 Å². The molecular formula is C21H24O3. The summed E-state index contributed by atoms with van der Waals surface area (Å²) in [6.07, 6.45) is 1.86. The van der Waals surface area contributed by atoms with Gasteiger partial charge in [-0.25, -0.2) is 0 Å². The van der Waals surface area contributed by atoms with Gasteiger partial charge >= 0.3 is 0 Å². The molecule has 126 valence electrons. The number of rotatable bonds is 0. The van der Waals surface area contributed by atoms with Crippen LogP contribution in [0.5, 0.6) is 17.2 Å². The molecule has 1 atom stereocenters. The van der Waals surface area contributed by atoms with E-state index in [9.17, 15) is 15.3 Å². The Labute approximate surface area is 142 Å². The predicted octanol–water partition coefficient (Wildman–Crippen LogP) is 4.45. The number of benzene rings is 2. The second kappa shape index (κ2) is 4.27. The summed E-state index contributed by atoms with van der Waals surface area (Å²) in [6.45, 7) is 8.82. The minimum atomic E-state index is -0.184. The fourth-order valence-electron chi connectivity index (χ4n) is 5.33. The number of hydrogen-bond donors (Lipinski definition) is 3. The van der Waals surface area contributed by atoms with E-state index in [1.165, 1.54) is 11.1 Å². The molecule has 0 bridgehead atoms. The van der Waals surface area contributed by atoms with Crippen LogP contribution in [0.15, 0.2) is 30.3 Å². The lowest BCUT2D eigenvalue weighted by Gasteiger charge is -2.30. The van der Waals surface area contributed by atoms with Crippen molar-refractivity contribution >= 4 is 0 Å². The Morgan fingerprint density at radius 2 is 1.17 bits per heavy atom. The van der Waals surface area contributed by atoms with Crippen LogP contribution in [0, 0.1) is 0 Å². The Hall–Kier alpha value is -2.16. The first-order valence-corrected chi connectivity index (χ1v) is 8.48. The number of phenols is 3. The number of fused-ring (bicyclic) bond motifs is 4. The van der Waals surface area contributed by atoms with E-state index < -0.39 is 0 Å². The fourth-order valence-corrected chi connectivity index (χ4v) is 5.33. The van der Waals surface area contributed by atoms with Gasteiger partial charge < -0.3 is 15.3 Å². The summed E-state index contributed by atoms with van der Waals surface area (Å²) in [7, 11) is 0. The zero-order chi connectivity index (χ0) is 17.5. The largest absolute Gasteiger partial charge is 0.508 e. The van der Waals surface area contributed by atoms with Gasteiger partial charge in [0.2, 0.25) is 0 Å². The van der Waals surface area contributed by atoms with Crippen LogP contribution in [0.1, 0.15) is 62.8 Å². The van der Waals surface area contributed by atoms with E-state index in [0.29, 0.717) is 5.75 Å². The second-order valence-corrected chi connectivity index (χ2v) is 8.82. The number of phenolic OH excluding ortho intramolecular Hbond substituents is 3. The Bertz CT molecular complexity index is 860. The number of aromatic hydroxyl groups is 3. The summed E-state index contributed by atoms with van der Waals surface area (Å²) in [5.74, 6) is 0.183. The molecule has 0 amide bonds. The Kier molecular flexibility index (Phi) is 2.73. The minimum Gasteiger partial charge on any atom is -0.508 e. The molecule has 3 heteroatoms. The van der Waals surface area contributed by atoms with Crippen molar-refractivity contribution in [2.24, 2.45) is 0 Å². The molecule has 0 saturated carbocycles. The first-order chi connectivity index (χ1) is 11.1. The second-order valence-electron chi connectivity index (χ2n) is 8.82. The van der Waals surface area contributed by atoms with Gasteiger partial charge in [0.15, 0.2) is 11.5 Å². The third kappa shape index (κ3) is 1.78. The zero-order valence-corrected chi connectivity index (χ0v) is 14.6. The molecule has 0 fully saturated rings. The molecule has 0 radical (unpaired) electrons. The first kappa shape index (κ1) is 15.4. The molecule has 0 aromatic heterocycles. The third-order valence-corrected chi connectivity index (χ3v) is 6.09. The van der Waals surface area contributed by atoms with Crippen LogP contribution in [-0.2, 0) is 16.2 Å². The Balaban J connectivity index is 2.05. The van der Waals surface area contributed by atoms with Gasteiger partial charge in [-0.3, -0.25) is 0 Å². The SMILES string of the molecule is CC1(C)CC2(CC(C)(C)c3cc(O)c(O)cc32)c2ccc(O)cc21. The lowest BCUT2D eigenvalue weighted by atomic mass is 9.72. The normalized spacial score (nSPS) is 25.7. The Morgan fingerprint density at radius 3 is 1.75 bits per heavy atom. The van der Waals surface area contributed by atoms with Gasteiger partial charge in [0.25, 0.3) is 0 Å². The lowest BCUT2D eigenvalue weighted by molar-refractivity contribution is 0.349. The van der Waals surface area contributed by atoms with E-state index in [4.69, 9.17) is 0 Å². The van der Waals surface area contributed by atoms with Crippen LogP contribution in [0.2, 0.25) is 0 Å². The third-order valence-electron chi connectivity index (χ3n) is 6.09. The monoisotopic (exact) mass is 324 g/mol. The summed E-state index contributed by atoms with van der Waals surface area (Å²) in [5.41, 5.74) is 4.31. The van der Waals surface area contributed by atoms with Crippen LogP contribution in [0.3, 0.4) is 0 Å². The smallest absolute Gasteiger partial charge is 0.157 e. The molecule has 1 unspecified atom stereocenters. The van der Waals surface area contributed by atoms with E-state index in [1.807, 2.05) is 12.1 Å². The minimum absolute atomic E-state index is 0.0536. The van der Waals surface area contributed by atoms with Crippen molar-refractivity contribution in [3.05, 3.63) is 52.6 Å². The van der Waals surface area contributed by atoms with Crippen LogP contribution >= 0.6 is 0 Å². The van der Waals surface area contributed by atoms with Crippen molar-refractivity contribution in [3.8, 4) is 17.2 Å². The zero-order valence-electron chi connectivity index (χ0n) is 14.6. The molecule has 3 N–H and O–H groups in total. The van der Waals surface area contributed by atoms with Crippen molar-refractivity contribution in [1.82, 2.24) is 0 Å². The van der Waals surface area contributed by atoms with E-state index in [2.05, 4.69) is 27.7 Å². The summed E-state index contributed by atoms with van der Waals surface area (Å²) < 4.78 is 0. The highest BCUT2D eigenvalue weighted by Crippen LogP contribution is 2.63. The quantitative estimate of drug-likeness (QED) is 0.627. The van der Waals surface area contributed by atoms with E-state index in [1.54, 1.807) is 18.2 Å². The summed E-state index contributed by atoms with van der Waals surface area (Å²) in [5, 5.41) is 30.1. The van der Waals surface area contributed by atoms with Crippen molar-refractivity contribution in [1.29, 1.82) is 0 Å². The highest BCUT2D eigenvalue weighted by atomic mass is 16.3. The van der Waals surface area contributed by atoms with Gasteiger partial charge in [-0.15, -0.1) is 0 Å². The van der Waals surface area contributed by atoms with Gasteiger partial charge in [-0.1, -0.05) is 33.8 Å². The summed E-state index contributed by atoms with van der Waals surface area (Å²) >= 11 is 0. The molecule has 4 rings (SSSR count). The maximum absolute atomic E-state index is 10.1. The molecule has 1 spiro atoms. The topological polar surface area (TPSA) is 60.7 Å². The molecule has 0 saturated heterocycles. The molecule has 0 aliphatic heterocycles. The van der Waals surface area contributed by atoms with Crippen molar-refractivity contribution in [2.75, 3.05) is 0 Å². The van der Waals surface area contributed by atoms with Gasteiger partial charge in [-0.2, -0.15) is 0 Å². The molecule has 2 aromatic rings. The maximum atomic E-state index is 10.1. The lowest BCUT2D eigenvalue weighted by Crippen LogP contribution is -2.26. The van der Waals surface area contributed by atoms with Crippen LogP contribution in [0.25, 0.3) is 0 Å². The van der Waals surface area contributed by atoms with Gasteiger partial charge in [-0.05, 0) is 70.2 Å². The molecule has 2 aliphatic rings. The van der Waals surface area contributed by atoms with Crippen molar-refractivity contribution < 1.29 is 15.3 Å². The average molecular weight is 324 g/mol. The average Bonchev–Trinajstić information content (AvgIpc) is 2.80. The highest BCUT2D eigenvalue weighted by molar-refractivity contribution is 5.63. The molecule has 3 nitrogen and oxygen atoms in total. The van der Waals surface area contributed by atoms with Crippen LogP contribution in [-0.4, -0.2) is 15.3 Å². The van der Waals surface area contributed by atoms with Gasteiger partial charge in [0.1, 0.15) is 5.75 Å². The maximum Gasteiger partial charge on any atom is 0.157 e. The molecule has 24 heavy (non-hydrogen) atoms. The van der Waals surface area contributed by atoms with E-state index in [-0.39, 0.29) is 27.7 Å². The Morgan fingerprint density at radius 1 is 0.667 bits per heavy atom. The van der Waals surface area contributed by atoms with Crippen molar-refractivity contribution in [2.45, 2.75) is 56.8 Å². The van der Waals surface area contributed by atoms with E-state index in [0.717, 1.165) is 24.0 Å². The predicted molar refractivity (Wildman–Crippen MR) is 93.9 cm³/mol. The van der Waals surface area contributed by atoms with Crippen LogP contribution < -0.4 is 0 Å². The van der Waals surface area contributed by atoms with Crippen molar-refractivity contribution in [3.63, 3.8) is 0 Å². The van der Waals surface area contributed by atoms with Gasteiger partial charge in [0, 0.05) is 5.41 Å². The molecule has 0 heterocycles.